The van der Waals surface area contributed by atoms with Crippen LogP contribution >= 0.6 is 0 Å². The molecule has 0 unspecified atom stereocenters. The van der Waals surface area contributed by atoms with Crippen molar-refractivity contribution < 1.29 is 13.9 Å². The lowest BCUT2D eigenvalue weighted by atomic mass is 10.0. The van der Waals surface area contributed by atoms with E-state index in [4.69, 9.17) is 0 Å². The Bertz CT molecular complexity index is 1180. The summed E-state index contributed by atoms with van der Waals surface area (Å²) in [6, 6.07) is 9.33. The number of aromatic nitrogens is 4. The van der Waals surface area contributed by atoms with Gasteiger partial charge >= 0.3 is 0 Å². The second-order valence-corrected chi connectivity index (χ2v) is 7.37. The van der Waals surface area contributed by atoms with E-state index in [0.717, 1.165) is 0 Å². The maximum absolute atomic E-state index is 14.6. The largest absolute Gasteiger partial charge is 0.384 e. The number of benzene rings is 1. The van der Waals surface area contributed by atoms with Gasteiger partial charge in [-0.3, -0.25) is 9.98 Å². The van der Waals surface area contributed by atoms with Crippen molar-refractivity contribution in [2.24, 2.45) is 4.99 Å². The molecule has 0 radical (unpaired) electrons. The minimum absolute atomic E-state index is 0.0519. The van der Waals surface area contributed by atoms with Crippen molar-refractivity contribution in [2.45, 2.75) is 26.4 Å². The molecular formula is C23H22F2N6O. The van der Waals surface area contributed by atoms with Crippen LogP contribution in [-0.4, -0.2) is 32.0 Å². The Morgan fingerprint density at radius 1 is 1.19 bits per heavy atom. The summed E-state index contributed by atoms with van der Waals surface area (Å²) in [5, 5.41) is 21.1. The SMILES string of the molecule is C=N/C=C\C(=C(/C)F)c1nnc(Nc2ccc(C(C)(C)O)nc2)nc1-c1ccccc1F. The molecule has 2 aromatic heterocycles. The highest BCUT2D eigenvalue weighted by Gasteiger charge is 2.20. The Morgan fingerprint density at radius 2 is 1.94 bits per heavy atom. The first-order valence-electron chi connectivity index (χ1n) is 9.65. The number of halogens is 2. The molecule has 0 atom stereocenters. The fraction of sp³-hybridized carbons (Fsp3) is 0.174. The summed E-state index contributed by atoms with van der Waals surface area (Å²) >= 11 is 0. The van der Waals surface area contributed by atoms with Crippen molar-refractivity contribution in [3.63, 3.8) is 0 Å². The topological polar surface area (TPSA) is 96.2 Å². The maximum atomic E-state index is 14.6. The zero-order valence-electron chi connectivity index (χ0n) is 17.8. The van der Waals surface area contributed by atoms with Gasteiger partial charge in [0.25, 0.3) is 0 Å². The molecule has 0 spiro atoms. The average molecular weight is 436 g/mol. The highest BCUT2D eigenvalue weighted by Crippen LogP contribution is 2.31. The number of nitrogens with one attached hydrogen (secondary N) is 1. The lowest BCUT2D eigenvalue weighted by Gasteiger charge is -2.16. The molecule has 0 saturated carbocycles. The average Bonchev–Trinajstić information content (AvgIpc) is 2.75. The van der Waals surface area contributed by atoms with E-state index in [1.165, 1.54) is 37.5 Å². The Balaban J connectivity index is 2.08. The molecule has 32 heavy (non-hydrogen) atoms. The van der Waals surface area contributed by atoms with Crippen molar-refractivity contribution in [1.29, 1.82) is 0 Å². The molecule has 0 fully saturated rings. The van der Waals surface area contributed by atoms with Crippen LogP contribution in [0.1, 0.15) is 32.2 Å². The monoisotopic (exact) mass is 436 g/mol. The van der Waals surface area contributed by atoms with Gasteiger partial charge in [-0.15, -0.1) is 10.2 Å². The zero-order chi connectivity index (χ0) is 23.3. The number of allylic oxidation sites excluding steroid dienone is 3. The second-order valence-electron chi connectivity index (χ2n) is 7.37. The van der Waals surface area contributed by atoms with Gasteiger partial charge in [-0.05, 0) is 57.8 Å². The van der Waals surface area contributed by atoms with E-state index in [0.29, 0.717) is 11.4 Å². The third-order valence-corrected chi connectivity index (χ3v) is 4.44. The van der Waals surface area contributed by atoms with Gasteiger partial charge in [-0.1, -0.05) is 12.1 Å². The number of aliphatic hydroxyl groups is 1. The highest BCUT2D eigenvalue weighted by atomic mass is 19.1. The van der Waals surface area contributed by atoms with Crippen molar-refractivity contribution in [2.75, 3.05) is 5.32 Å². The molecule has 3 aromatic rings. The molecule has 0 aliphatic rings. The first-order chi connectivity index (χ1) is 15.2. The smallest absolute Gasteiger partial charge is 0.247 e. The number of hydrogen-bond donors (Lipinski definition) is 2. The van der Waals surface area contributed by atoms with Crippen LogP contribution < -0.4 is 5.32 Å². The molecule has 9 heteroatoms. The maximum Gasteiger partial charge on any atom is 0.247 e. The lowest BCUT2D eigenvalue weighted by Crippen LogP contribution is -2.17. The Kier molecular flexibility index (Phi) is 6.79. The molecule has 1 aromatic carbocycles. The van der Waals surface area contributed by atoms with Crippen LogP contribution in [-0.2, 0) is 5.60 Å². The van der Waals surface area contributed by atoms with E-state index in [1.54, 1.807) is 38.1 Å². The normalized spacial score (nSPS) is 12.6. The number of nitrogens with zero attached hydrogens (tertiary/aromatic N) is 5. The second kappa shape index (κ2) is 9.52. The van der Waals surface area contributed by atoms with Crippen LogP contribution in [0.25, 0.3) is 16.8 Å². The summed E-state index contributed by atoms with van der Waals surface area (Å²) in [6.07, 6.45) is 4.17. The van der Waals surface area contributed by atoms with Gasteiger partial charge in [0.2, 0.25) is 5.95 Å². The first kappa shape index (κ1) is 22.8. The molecule has 0 saturated heterocycles. The predicted molar refractivity (Wildman–Crippen MR) is 120 cm³/mol. The Labute approximate surface area is 184 Å². The zero-order valence-corrected chi connectivity index (χ0v) is 17.8. The van der Waals surface area contributed by atoms with Crippen molar-refractivity contribution in [1.82, 2.24) is 20.2 Å². The van der Waals surface area contributed by atoms with E-state index >= 15 is 0 Å². The number of rotatable bonds is 7. The van der Waals surface area contributed by atoms with Crippen molar-refractivity contribution >= 4 is 23.9 Å². The molecule has 3 rings (SSSR count). The van der Waals surface area contributed by atoms with Gasteiger partial charge in [0, 0.05) is 17.3 Å². The van der Waals surface area contributed by atoms with Gasteiger partial charge in [0.15, 0.2) is 0 Å². The van der Waals surface area contributed by atoms with Gasteiger partial charge in [-0.2, -0.15) is 0 Å². The molecule has 0 amide bonds. The van der Waals surface area contributed by atoms with E-state index in [2.05, 4.69) is 37.2 Å². The summed E-state index contributed by atoms with van der Waals surface area (Å²) in [7, 11) is 0. The van der Waals surface area contributed by atoms with Crippen LogP contribution in [0.2, 0.25) is 0 Å². The number of aliphatic imine (C=N–C) groups is 1. The summed E-state index contributed by atoms with van der Waals surface area (Å²) < 4.78 is 28.9. The third kappa shape index (κ3) is 5.25. The molecule has 7 nitrogen and oxygen atoms in total. The molecular weight excluding hydrogens is 414 g/mol. The van der Waals surface area contributed by atoms with Crippen molar-refractivity contribution in [3.8, 4) is 11.3 Å². The fourth-order valence-electron chi connectivity index (χ4n) is 2.84. The van der Waals surface area contributed by atoms with Crippen LogP contribution in [0.3, 0.4) is 0 Å². The molecule has 164 valence electrons. The van der Waals surface area contributed by atoms with Gasteiger partial charge in [0.1, 0.15) is 28.6 Å². The minimum Gasteiger partial charge on any atom is -0.384 e. The fourth-order valence-corrected chi connectivity index (χ4v) is 2.84. The third-order valence-electron chi connectivity index (χ3n) is 4.44. The van der Waals surface area contributed by atoms with Crippen molar-refractivity contribution in [3.05, 3.63) is 77.9 Å². The molecule has 0 aliphatic carbocycles. The minimum atomic E-state index is -1.09. The first-order valence-corrected chi connectivity index (χ1v) is 9.65. The van der Waals surface area contributed by atoms with E-state index < -0.39 is 17.2 Å². The Hall–Kier alpha value is -3.85. The molecule has 0 aliphatic heterocycles. The van der Waals surface area contributed by atoms with Crippen LogP contribution in [0.15, 0.2) is 65.7 Å². The van der Waals surface area contributed by atoms with E-state index in [9.17, 15) is 13.9 Å². The summed E-state index contributed by atoms with van der Waals surface area (Å²) in [6.45, 7) is 7.84. The Morgan fingerprint density at radius 3 is 2.53 bits per heavy atom. The van der Waals surface area contributed by atoms with Gasteiger partial charge < -0.3 is 10.4 Å². The van der Waals surface area contributed by atoms with E-state index in [-0.39, 0.29) is 28.5 Å². The van der Waals surface area contributed by atoms with Gasteiger partial charge in [-0.25, -0.2) is 13.8 Å². The molecule has 2 heterocycles. The summed E-state index contributed by atoms with van der Waals surface area (Å²) in [4.78, 5) is 12.2. The standard InChI is InChI=1S/C23H22F2N6O/c1-14(24)16(11-12-26-4)21-20(17-7-5-6-8-18(17)25)29-22(31-30-21)28-15-9-10-19(27-13-15)23(2,3)32/h5-13,32H,4H2,1-3H3,(H,28,29,31)/b12-11-,16-14-. The number of anilines is 2. The molecule has 0 bridgehead atoms. The number of pyridine rings is 1. The highest BCUT2D eigenvalue weighted by molar-refractivity contribution is 5.82. The van der Waals surface area contributed by atoms with Crippen LogP contribution in [0, 0.1) is 5.82 Å². The molecule has 2 N–H and O–H groups in total. The van der Waals surface area contributed by atoms with Gasteiger partial charge in [0.05, 0.1) is 17.6 Å². The number of hydrogen-bond acceptors (Lipinski definition) is 7. The summed E-state index contributed by atoms with van der Waals surface area (Å²) in [5.74, 6) is -1.05. The predicted octanol–water partition coefficient (Wildman–Crippen LogP) is 4.96. The summed E-state index contributed by atoms with van der Waals surface area (Å²) in [5.41, 5.74) is 0.267. The van der Waals surface area contributed by atoms with Crippen LogP contribution in [0.5, 0.6) is 0 Å². The lowest BCUT2D eigenvalue weighted by molar-refractivity contribution is 0.0739. The van der Waals surface area contributed by atoms with E-state index in [1.807, 2.05) is 0 Å². The quantitative estimate of drug-likeness (QED) is 0.402. The van der Waals surface area contributed by atoms with Crippen LogP contribution in [0.4, 0.5) is 20.4 Å².